The van der Waals surface area contributed by atoms with Crippen molar-refractivity contribution >= 4 is 30.1 Å². The number of carbonyl (C=O) groups is 1. The summed E-state index contributed by atoms with van der Waals surface area (Å²) in [5.74, 6) is 0.187. The number of nitrogens with one attached hydrogen (secondary N) is 1. The summed E-state index contributed by atoms with van der Waals surface area (Å²) in [6.45, 7) is 1.31. The monoisotopic (exact) mass is 314 g/mol. The molecule has 20 heavy (non-hydrogen) atoms. The fourth-order valence-corrected chi connectivity index (χ4v) is 3.90. The maximum atomic E-state index is 12.5. The van der Waals surface area contributed by atoms with E-state index in [0.717, 1.165) is 32.1 Å². The first-order valence-electron chi connectivity index (χ1n) is 6.99. The van der Waals surface area contributed by atoms with Gasteiger partial charge in [-0.05, 0) is 37.9 Å². The van der Waals surface area contributed by atoms with Crippen LogP contribution < -0.4 is 11.1 Å². The molecule has 2 rings (SSSR count). The Labute approximate surface area is 131 Å². The van der Waals surface area contributed by atoms with Gasteiger partial charge in [-0.1, -0.05) is 31.0 Å². The number of rotatable bonds is 6. The Morgan fingerprint density at radius 1 is 1.25 bits per heavy atom. The predicted molar refractivity (Wildman–Crippen MR) is 87.4 cm³/mol. The van der Waals surface area contributed by atoms with Gasteiger partial charge < -0.3 is 11.1 Å². The minimum atomic E-state index is -0.268. The largest absolute Gasteiger partial charge is 0.355 e. The van der Waals surface area contributed by atoms with E-state index < -0.39 is 0 Å². The Morgan fingerprint density at radius 2 is 1.90 bits per heavy atom. The molecule has 1 aliphatic rings. The highest BCUT2D eigenvalue weighted by atomic mass is 35.5. The van der Waals surface area contributed by atoms with Crippen molar-refractivity contribution < 1.29 is 4.79 Å². The highest BCUT2D eigenvalue weighted by molar-refractivity contribution is 8.01. The fraction of sp³-hybridized carbons (Fsp3) is 0.533. The topological polar surface area (TPSA) is 55.1 Å². The van der Waals surface area contributed by atoms with Crippen LogP contribution in [0.25, 0.3) is 0 Å². The molecule has 0 radical (unpaired) electrons. The van der Waals surface area contributed by atoms with Crippen molar-refractivity contribution in [3.8, 4) is 0 Å². The zero-order chi connectivity index (χ0) is 13.6. The molecule has 0 saturated heterocycles. The van der Waals surface area contributed by atoms with Crippen molar-refractivity contribution in [2.45, 2.75) is 41.7 Å². The van der Waals surface area contributed by atoms with Crippen LogP contribution in [0.2, 0.25) is 0 Å². The van der Waals surface area contributed by atoms with Crippen LogP contribution in [0, 0.1) is 0 Å². The van der Waals surface area contributed by atoms with Crippen LogP contribution in [0.15, 0.2) is 35.2 Å². The predicted octanol–water partition coefficient (Wildman–Crippen LogP) is 2.98. The van der Waals surface area contributed by atoms with Crippen LogP contribution in [0.1, 0.15) is 32.1 Å². The van der Waals surface area contributed by atoms with E-state index in [1.54, 1.807) is 11.8 Å². The lowest BCUT2D eigenvalue weighted by atomic mass is 10.1. The Morgan fingerprint density at radius 3 is 2.50 bits per heavy atom. The summed E-state index contributed by atoms with van der Waals surface area (Å²) < 4.78 is -0.268. The van der Waals surface area contributed by atoms with Gasteiger partial charge in [-0.15, -0.1) is 24.2 Å². The van der Waals surface area contributed by atoms with Crippen LogP contribution in [-0.2, 0) is 4.79 Å². The molecule has 3 nitrogen and oxygen atoms in total. The molecule has 1 aromatic carbocycles. The molecule has 0 spiro atoms. The first-order chi connectivity index (χ1) is 9.27. The van der Waals surface area contributed by atoms with Crippen molar-refractivity contribution in [1.82, 2.24) is 5.32 Å². The van der Waals surface area contributed by atoms with Gasteiger partial charge in [0.05, 0.1) is 4.75 Å². The average Bonchev–Trinajstić information content (AvgIpc) is 2.90. The summed E-state index contributed by atoms with van der Waals surface area (Å²) in [7, 11) is 0. The molecule has 1 fully saturated rings. The number of hydrogen-bond donors (Lipinski definition) is 2. The molecule has 0 heterocycles. The van der Waals surface area contributed by atoms with Gasteiger partial charge in [0.1, 0.15) is 0 Å². The maximum absolute atomic E-state index is 12.5. The molecule has 3 N–H and O–H groups in total. The van der Waals surface area contributed by atoms with Crippen molar-refractivity contribution in [2.75, 3.05) is 13.1 Å². The van der Waals surface area contributed by atoms with E-state index >= 15 is 0 Å². The van der Waals surface area contributed by atoms with Gasteiger partial charge >= 0.3 is 0 Å². The minimum Gasteiger partial charge on any atom is -0.355 e. The third-order valence-electron chi connectivity index (χ3n) is 3.55. The van der Waals surface area contributed by atoms with Crippen LogP contribution in [0.3, 0.4) is 0 Å². The Hall–Kier alpha value is -0.710. The molecular weight excluding hydrogens is 292 g/mol. The second-order valence-electron chi connectivity index (χ2n) is 5.01. The third kappa shape index (κ3) is 4.40. The van der Waals surface area contributed by atoms with Crippen LogP contribution in [0.5, 0.6) is 0 Å². The molecule has 112 valence electrons. The third-order valence-corrected chi connectivity index (χ3v) is 5.04. The first kappa shape index (κ1) is 17.3. The van der Waals surface area contributed by atoms with E-state index in [4.69, 9.17) is 5.73 Å². The normalized spacial score (nSPS) is 16.4. The summed E-state index contributed by atoms with van der Waals surface area (Å²) in [5, 5.41) is 3.05. The van der Waals surface area contributed by atoms with Crippen molar-refractivity contribution in [3.63, 3.8) is 0 Å². The molecule has 5 heteroatoms. The van der Waals surface area contributed by atoms with Crippen LogP contribution in [0.4, 0.5) is 0 Å². The SMILES string of the molecule is Cl.NCCCNC(=O)C1(Sc2ccccc2)CCCC1. The molecule has 0 unspecified atom stereocenters. The summed E-state index contributed by atoms with van der Waals surface area (Å²) >= 11 is 1.72. The number of hydrogen-bond acceptors (Lipinski definition) is 3. The molecule has 0 bridgehead atoms. The summed E-state index contributed by atoms with van der Waals surface area (Å²) in [6, 6.07) is 10.2. The average molecular weight is 315 g/mol. The van der Waals surface area contributed by atoms with Gasteiger partial charge in [0.2, 0.25) is 5.91 Å². The Kier molecular flexibility index (Phi) is 7.41. The van der Waals surface area contributed by atoms with Crippen molar-refractivity contribution in [2.24, 2.45) is 5.73 Å². The first-order valence-corrected chi connectivity index (χ1v) is 7.81. The van der Waals surface area contributed by atoms with Gasteiger partial charge in [0.15, 0.2) is 0 Å². The smallest absolute Gasteiger partial charge is 0.236 e. The zero-order valence-electron chi connectivity index (χ0n) is 11.6. The molecule has 1 saturated carbocycles. The molecule has 0 atom stereocenters. The summed E-state index contributed by atoms with van der Waals surface area (Å²) in [4.78, 5) is 13.7. The highest BCUT2D eigenvalue weighted by Gasteiger charge is 2.41. The fourth-order valence-electron chi connectivity index (χ4n) is 2.50. The standard InChI is InChI=1S/C15H22N2OS.ClH/c16-11-6-12-17-14(18)15(9-4-5-10-15)19-13-7-2-1-3-8-13;/h1-3,7-8H,4-6,9-12,16H2,(H,17,18);1H. The number of carbonyl (C=O) groups excluding carboxylic acids is 1. The van der Waals surface area contributed by atoms with E-state index in [2.05, 4.69) is 17.4 Å². The summed E-state index contributed by atoms with van der Waals surface area (Å²) in [6.07, 6.45) is 5.08. The Bertz CT molecular complexity index is 408. The van der Waals surface area contributed by atoms with Crippen LogP contribution in [-0.4, -0.2) is 23.7 Å². The second-order valence-corrected chi connectivity index (χ2v) is 6.47. The maximum Gasteiger partial charge on any atom is 0.236 e. The van der Waals surface area contributed by atoms with E-state index in [1.165, 1.54) is 4.90 Å². The number of nitrogens with two attached hydrogens (primary N) is 1. The highest BCUT2D eigenvalue weighted by Crippen LogP contribution is 2.45. The van der Waals surface area contributed by atoms with E-state index in [1.807, 2.05) is 18.2 Å². The van der Waals surface area contributed by atoms with Crippen LogP contribution >= 0.6 is 24.2 Å². The quantitative estimate of drug-likeness (QED) is 0.794. The molecule has 1 aromatic rings. The van der Waals surface area contributed by atoms with Gasteiger partial charge in [-0.2, -0.15) is 0 Å². The molecule has 1 amide bonds. The lowest BCUT2D eigenvalue weighted by Gasteiger charge is -2.27. The zero-order valence-corrected chi connectivity index (χ0v) is 13.3. The molecule has 0 aromatic heterocycles. The molecule has 0 aliphatic heterocycles. The van der Waals surface area contributed by atoms with E-state index in [0.29, 0.717) is 13.1 Å². The molecular formula is C15H23ClN2OS. The van der Waals surface area contributed by atoms with E-state index in [-0.39, 0.29) is 23.1 Å². The van der Waals surface area contributed by atoms with E-state index in [9.17, 15) is 4.79 Å². The number of halogens is 1. The Balaban J connectivity index is 0.00000200. The summed E-state index contributed by atoms with van der Waals surface area (Å²) in [5.41, 5.74) is 5.47. The van der Waals surface area contributed by atoms with Gasteiger partial charge in [0, 0.05) is 11.4 Å². The van der Waals surface area contributed by atoms with Gasteiger partial charge in [-0.3, -0.25) is 4.79 Å². The molecule has 1 aliphatic carbocycles. The lowest BCUT2D eigenvalue weighted by Crippen LogP contribution is -2.42. The number of benzene rings is 1. The number of thioether (sulfide) groups is 1. The minimum absolute atomic E-state index is 0. The second kappa shape index (κ2) is 8.55. The lowest BCUT2D eigenvalue weighted by molar-refractivity contribution is -0.123. The van der Waals surface area contributed by atoms with Gasteiger partial charge in [-0.25, -0.2) is 0 Å². The van der Waals surface area contributed by atoms with Crippen molar-refractivity contribution in [1.29, 1.82) is 0 Å². The number of amides is 1. The van der Waals surface area contributed by atoms with Crippen molar-refractivity contribution in [3.05, 3.63) is 30.3 Å². The van der Waals surface area contributed by atoms with Gasteiger partial charge in [0.25, 0.3) is 0 Å².